The first-order chi connectivity index (χ1) is 11.5. The van der Waals surface area contributed by atoms with Gasteiger partial charge in [-0.1, -0.05) is 11.6 Å². The molecular weight excluding hydrogens is 354 g/mol. The number of hydrogen-bond acceptors (Lipinski definition) is 8. The fraction of sp³-hybridized carbons (Fsp3) is 0.267. The lowest BCUT2D eigenvalue weighted by atomic mass is 10.2. The molecule has 0 aliphatic heterocycles. The van der Waals surface area contributed by atoms with Gasteiger partial charge in [-0.15, -0.1) is 11.3 Å². The van der Waals surface area contributed by atoms with E-state index in [0.717, 1.165) is 0 Å². The molecule has 128 valence electrons. The second-order valence-electron chi connectivity index (χ2n) is 4.52. The molecular formula is C15H16ClN3O4S. The van der Waals surface area contributed by atoms with Crippen LogP contribution in [0.15, 0.2) is 22.6 Å². The van der Waals surface area contributed by atoms with Crippen molar-refractivity contribution in [3.05, 3.63) is 33.8 Å². The lowest BCUT2D eigenvalue weighted by Crippen LogP contribution is -2.07. The van der Waals surface area contributed by atoms with Gasteiger partial charge in [-0.05, 0) is 19.1 Å². The molecule has 7 nitrogen and oxygen atoms in total. The van der Waals surface area contributed by atoms with Crippen LogP contribution in [0.3, 0.4) is 0 Å². The zero-order chi connectivity index (χ0) is 17.5. The predicted molar refractivity (Wildman–Crippen MR) is 93.3 cm³/mol. The van der Waals surface area contributed by atoms with Gasteiger partial charge < -0.3 is 14.6 Å². The van der Waals surface area contributed by atoms with Crippen molar-refractivity contribution in [2.24, 2.45) is 5.10 Å². The number of ether oxygens (including phenoxy) is 2. The maximum Gasteiger partial charge on any atom is 0.311 e. The standard InChI is InChI=1S/C15H16ClN3O4S/c1-3-23-12(20)6-10-8-24-15(18-10)19-17-7-9-4-5-11(22-2)13(16)14(9)21/h4-5,7-8,21H,3,6H2,1-2H3,(H,18,19). The van der Waals surface area contributed by atoms with Gasteiger partial charge in [-0.3, -0.25) is 10.2 Å². The number of thiazole rings is 1. The summed E-state index contributed by atoms with van der Waals surface area (Å²) >= 11 is 7.27. The first-order valence-corrected chi connectivity index (χ1v) is 8.25. The minimum atomic E-state index is -0.323. The molecule has 0 saturated heterocycles. The molecule has 0 fully saturated rings. The Morgan fingerprint density at radius 2 is 2.33 bits per heavy atom. The van der Waals surface area contributed by atoms with Gasteiger partial charge in [0.2, 0.25) is 5.13 Å². The van der Waals surface area contributed by atoms with E-state index in [0.29, 0.717) is 28.7 Å². The number of anilines is 1. The monoisotopic (exact) mass is 369 g/mol. The molecule has 0 radical (unpaired) electrons. The number of nitrogens with one attached hydrogen (secondary N) is 1. The first-order valence-electron chi connectivity index (χ1n) is 6.99. The topological polar surface area (TPSA) is 93.0 Å². The Kier molecular flexibility index (Phi) is 6.39. The van der Waals surface area contributed by atoms with Gasteiger partial charge in [-0.2, -0.15) is 5.10 Å². The van der Waals surface area contributed by atoms with Crippen molar-refractivity contribution in [2.75, 3.05) is 19.1 Å². The minimum absolute atomic E-state index is 0.116. The van der Waals surface area contributed by atoms with Crippen LogP contribution in [0.2, 0.25) is 5.02 Å². The summed E-state index contributed by atoms with van der Waals surface area (Å²) in [4.78, 5) is 15.6. The number of methoxy groups -OCH3 is 1. The normalized spacial score (nSPS) is 10.8. The number of aromatic nitrogens is 1. The summed E-state index contributed by atoms with van der Waals surface area (Å²) in [7, 11) is 1.46. The SMILES string of the molecule is CCOC(=O)Cc1csc(NN=Cc2ccc(OC)c(Cl)c2O)n1. The molecule has 0 aliphatic rings. The van der Waals surface area contributed by atoms with E-state index in [1.54, 1.807) is 24.4 Å². The average Bonchev–Trinajstić information content (AvgIpc) is 2.99. The van der Waals surface area contributed by atoms with E-state index < -0.39 is 0 Å². The number of halogens is 1. The van der Waals surface area contributed by atoms with Crippen molar-refractivity contribution >= 4 is 40.3 Å². The molecule has 9 heteroatoms. The van der Waals surface area contributed by atoms with Crippen LogP contribution in [0.1, 0.15) is 18.2 Å². The van der Waals surface area contributed by atoms with E-state index >= 15 is 0 Å². The van der Waals surface area contributed by atoms with Gasteiger partial charge in [-0.25, -0.2) is 4.98 Å². The molecule has 0 unspecified atom stereocenters. The van der Waals surface area contributed by atoms with E-state index in [2.05, 4.69) is 15.5 Å². The lowest BCUT2D eigenvalue weighted by Gasteiger charge is -2.06. The summed E-state index contributed by atoms with van der Waals surface area (Å²) in [6.45, 7) is 2.09. The Balaban J connectivity index is 1.99. The van der Waals surface area contributed by atoms with Crippen LogP contribution in [0.25, 0.3) is 0 Å². The van der Waals surface area contributed by atoms with Crippen molar-refractivity contribution in [1.29, 1.82) is 0 Å². The highest BCUT2D eigenvalue weighted by Gasteiger charge is 2.10. The second kappa shape index (κ2) is 8.51. The second-order valence-corrected chi connectivity index (χ2v) is 5.75. The fourth-order valence-corrected chi connectivity index (χ4v) is 2.69. The van der Waals surface area contributed by atoms with Crippen molar-refractivity contribution in [3.8, 4) is 11.5 Å². The molecule has 2 N–H and O–H groups in total. The zero-order valence-corrected chi connectivity index (χ0v) is 14.6. The van der Waals surface area contributed by atoms with Gasteiger partial charge in [0.05, 0.1) is 32.0 Å². The number of esters is 1. The number of carbonyl (C=O) groups is 1. The molecule has 2 aromatic rings. The van der Waals surface area contributed by atoms with Crippen LogP contribution >= 0.6 is 22.9 Å². The van der Waals surface area contributed by atoms with Gasteiger partial charge in [0.25, 0.3) is 0 Å². The number of hydrazone groups is 1. The highest BCUT2D eigenvalue weighted by molar-refractivity contribution is 7.13. The van der Waals surface area contributed by atoms with Gasteiger partial charge in [0.1, 0.15) is 16.5 Å². The number of phenolic OH excluding ortho intramolecular Hbond substituents is 1. The van der Waals surface area contributed by atoms with E-state index in [9.17, 15) is 9.90 Å². The number of benzene rings is 1. The minimum Gasteiger partial charge on any atom is -0.506 e. The quantitative estimate of drug-likeness (QED) is 0.442. The molecule has 0 aliphatic carbocycles. The third kappa shape index (κ3) is 4.59. The Hall–Kier alpha value is -2.32. The molecule has 0 amide bonds. The van der Waals surface area contributed by atoms with Gasteiger partial charge in [0.15, 0.2) is 0 Å². The molecule has 1 heterocycles. The largest absolute Gasteiger partial charge is 0.506 e. The zero-order valence-electron chi connectivity index (χ0n) is 13.1. The van der Waals surface area contributed by atoms with E-state index in [4.69, 9.17) is 21.1 Å². The van der Waals surface area contributed by atoms with Crippen LogP contribution in [0, 0.1) is 0 Å². The molecule has 0 atom stereocenters. The number of carbonyl (C=O) groups excluding carboxylic acids is 1. The smallest absolute Gasteiger partial charge is 0.311 e. The number of rotatable bonds is 7. The maximum atomic E-state index is 11.4. The van der Waals surface area contributed by atoms with Crippen molar-refractivity contribution in [3.63, 3.8) is 0 Å². The number of phenols is 1. The van der Waals surface area contributed by atoms with Crippen molar-refractivity contribution in [1.82, 2.24) is 4.98 Å². The molecule has 24 heavy (non-hydrogen) atoms. The summed E-state index contributed by atoms with van der Waals surface area (Å²) in [6.07, 6.45) is 1.53. The van der Waals surface area contributed by atoms with E-state index in [1.807, 2.05) is 0 Å². The molecule has 0 bridgehead atoms. The summed E-state index contributed by atoms with van der Waals surface area (Å²) in [5, 5.41) is 16.3. The summed E-state index contributed by atoms with van der Waals surface area (Å²) < 4.78 is 9.87. The molecule has 0 saturated carbocycles. The van der Waals surface area contributed by atoms with E-state index in [-0.39, 0.29) is 23.2 Å². The third-order valence-corrected chi connectivity index (χ3v) is 4.04. The average molecular weight is 370 g/mol. The van der Waals surface area contributed by atoms with Gasteiger partial charge >= 0.3 is 5.97 Å². The number of aromatic hydroxyl groups is 1. The first kappa shape index (κ1) is 18.0. The van der Waals surface area contributed by atoms with Crippen molar-refractivity contribution in [2.45, 2.75) is 13.3 Å². The Morgan fingerprint density at radius 3 is 3.04 bits per heavy atom. The van der Waals surface area contributed by atoms with E-state index in [1.165, 1.54) is 24.7 Å². The molecule has 1 aromatic carbocycles. The third-order valence-electron chi connectivity index (χ3n) is 2.88. The highest BCUT2D eigenvalue weighted by atomic mass is 35.5. The predicted octanol–water partition coefficient (Wildman–Crippen LogP) is 3.06. The number of nitrogens with zero attached hydrogens (tertiary/aromatic N) is 2. The highest BCUT2D eigenvalue weighted by Crippen LogP contribution is 2.35. The van der Waals surface area contributed by atoms with Crippen LogP contribution in [0.5, 0.6) is 11.5 Å². The fourth-order valence-electron chi connectivity index (χ4n) is 1.78. The molecule has 2 rings (SSSR count). The maximum absolute atomic E-state index is 11.4. The van der Waals surface area contributed by atoms with Crippen molar-refractivity contribution < 1.29 is 19.4 Å². The number of hydrogen-bond donors (Lipinski definition) is 2. The summed E-state index contributed by atoms with van der Waals surface area (Å²) in [5.74, 6) is -0.0674. The van der Waals surface area contributed by atoms with Crippen LogP contribution in [-0.2, 0) is 16.0 Å². The van der Waals surface area contributed by atoms with Crippen LogP contribution in [0.4, 0.5) is 5.13 Å². The van der Waals surface area contributed by atoms with Crippen LogP contribution < -0.4 is 10.2 Å². The summed E-state index contributed by atoms with van der Waals surface area (Å²) in [5.41, 5.74) is 3.76. The summed E-state index contributed by atoms with van der Waals surface area (Å²) in [6, 6.07) is 3.25. The lowest BCUT2D eigenvalue weighted by molar-refractivity contribution is -0.142. The van der Waals surface area contributed by atoms with Crippen LogP contribution in [-0.4, -0.2) is 36.0 Å². The molecule has 0 spiro atoms. The Labute approximate surface area is 147 Å². The Morgan fingerprint density at radius 1 is 1.54 bits per heavy atom. The van der Waals surface area contributed by atoms with Gasteiger partial charge in [0, 0.05) is 10.9 Å². The molecule has 1 aromatic heterocycles. The Bertz CT molecular complexity index is 748.